The van der Waals surface area contributed by atoms with Gasteiger partial charge in [0, 0.05) is 13.1 Å². The maximum absolute atomic E-state index is 13.0. The maximum Gasteiger partial charge on any atom is 0.427 e. The summed E-state index contributed by atoms with van der Waals surface area (Å²) in [5.41, 5.74) is 2.89. The van der Waals surface area contributed by atoms with Crippen LogP contribution in [-0.4, -0.2) is 88.7 Å². The first-order chi connectivity index (χ1) is 17.1. The van der Waals surface area contributed by atoms with Crippen LogP contribution in [0.15, 0.2) is 0 Å². The van der Waals surface area contributed by atoms with Gasteiger partial charge in [-0.15, -0.1) is 4.90 Å². The molecule has 220 valence electrons. The number of nitrogens with two attached hydrogens (primary N) is 1. The molecule has 2 atom stereocenters. The molecule has 0 radical (unpaired) electrons. The van der Waals surface area contributed by atoms with Gasteiger partial charge in [0.1, 0.15) is 16.8 Å². The van der Waals surface area contributed by atoms with Crippen LogP contribution < -0.4 is 21.7 Å². The molecule has 0 aromatic heterocycles. The Labute approximate surface area is 224 Å². The average molecular weight is 547 g/mol. The lowest BCUT2D eigenvalue weighted by molar-refractivity contribution is -0.122. The van der Waals surface area contributed by atoms with Crippen molar-refractivity contribution >= 4 is 30.1 Å². The molecule has 0 heterocycles. The Morgan fingerprint density at radius 3 is 1.76 bits per heavy atom. The van der Waals surface area contributed by atoms with E-state index < -0.39 is 59.1 Å². The van der Waals surface area contributed by atoms with E-state index in [1.165, 1.54) is 0 Å². The van der Waals surface area contributed by atoms with Crippen LogP contribution in [0.1, 0.15) is 75.2 Å². The van der Waals surface area contributed by atoms with Crippen LogP contribution in [0.4, 0.5) is 14.4 Å². The van der Waals surface area contributed by atoms with Gasteiger partial charge in [-0.1, -0.05) is 0 Å². The summed E-state index contributed by atoms with van der Waals surface area (Å²) in [4.78, 5) is 50.4. The number of hydrogen-bond donors (Lipinski definition) is 6. The highest BCUT2D eigenvalue weighted by molar-refractivity contribution is 6.11. The number of carbonyl (C=O) groups excluding carboxylic acids is 4. The summed E-state index contributed by atoms with van der Waals surface area (Å²) in [6, 6.07) is -0.950. The zero-order valence-corrected chi connectivity index (χ0v) is 24.0. The van der Waals surface area contributed by atoms with Gasteiger partial charge in [-0.3, -0.25) is 15.5 Å². The molecule has 38 heavy (non-hydrogen) atoms. The molecule has 0 aromatic carbocycles. The molecule has 0 saturated carbocycles. The maximum atomic E-state index is 13.0. The number of nitrogens with one attached hydrogen (secondary N) is 4. The van der Waals surface area contributed by atoms with Crippen molar-refractivity contribution in [3.63, 3.8) is 0 Å². The third-order valence-electron chi connectivity index (χ3n) is 4.11. The van der Waals surface area contributed by atoms with Gasteiger partial charge in [0.25, 0.3) is 0 Å². The number of guanidine groups is 1. The number of aliphatic hydroxyl groups is 1. The van der Waals surface area contributed by atoms with E-state index in [1.807, 2.05) is 0 Å². The zero-order chi connectivity index (χ0) is 29.9. The number of ether oxygens (including phenoxy) is 3. The molecule has 14 nitrogen and oxygen atoms in total. The Morgan fingerprint density at radius 1 is 0.868 bits per heavy atom. The molecule has 0 aliphatic rings. The monoisotopic (exact) mass is 546 g/mol. The highest BCUT2D eigenvalue weighted by Gasteiger charge is 2.36. The summed E-state index contributed by atoms with van der Waals surface area (Å²) in [7, 11) is 0. The summed E-state index contributed by atoms with van der Waals surface area (Å²) in [6.45, 7) is 14.6. The van der Waals surface area contributed by atoms with Crippen molar-refractivity contribution in [2.45, 2.75) is 104 Å². The van der Waals surface area contributed by atoms with Crippen molar-refractivity contribution in [1.82, 2.24) is 20.9 Å². The molecule has 0 bridgehead atoms. The molecule has 0 fully saturated rings. The van der Waals surface area contributed by atoms with Gasteiger partial charge in [0.2, 0.25) is 11.9 Å². The first kappa shape index (κ1) is 35.0. The number of rotatable bonds is 9. The summed E-state index contributed by atoms with van der Waals surface area (Å²) in [5.74, 6) is -1.63. The second-order valence-electron chi connectivity index (χ2n) is 11.6. The average Bonchev–Trinajstić information content (AvgIpc) is 2.68. The Hall–Kier alpha value is -2.97. The summed E-state index contributed by atoms with van der Waals surface area (Å²) in [5, 5.41) is 26.0. The first-order valence-electron chi connectivity index (χ1n) is 12.4. The third-order valence-corrected chi connectivity index (χ3v) is 4.11. The van der Waals surface area contributed by atoms with E-state index in [-0.39, 0.29) is 31.0 Å². The SMILES string of the molecule is CC(C)(C)OC(=O)NCC(O)CN[C@@H](CCCN)C(=O)NC(=N)N(C(=O)OC(C)(C)C)C(=O)OC(C)(C)C. The molecule has 0 spiro atoms. The summed E-state index contributed by atoms with van der Waals surface area (Å²) >= 11 is 0. The second kappa shape index (κ2) is 14.8. The number of alkyl carbamates (subject to hydrolysis) is 1. The van der Waals surface area contributed by atoms with Crippen LogP contribution in [0.5, 0.6) is 0 Å². The fourth-order valence-corrected chi connectivity index (χ4v) is 2.65. The van der Waals surface area contributed by atoms with Crippen molar-refractivity contribution in [1.29, 1.82) is 5.41 Å². The Morgan fingerprint density at radius 2 is 1.34 bits per heavy atom. The molecule has 0 aromatic rings. The van der Waals surface area contributed by atoms with E-state index in [4.69, 9.17) is 25.4 Å². The summed E-state index contributed by atoms with van der Waals surface area (Å²) in [6.07, 6.45) is -3.53. The normalized spacial score (nSPS) is 13.6. The lowest BCUT2D eigenvalue weighted by Gasteiger charge is -2.29. The van der Waals surface area contributed by atoms with E-state index in [1.54, 1.807) is 62.3 Å². The van der Waals surface area contributed by atoms with Crippen molar-refractivity contribution in [3.8, 4) is 0 Å². The fraction of sp³-hybridized carbons (Fsp3) is 0.792. The Balaban J connectivity index is 5.39. The number of aliphatic hydroxyl groups excluding tert-OH is 1. The molecule has 0 aliphatic heterocycles. The predicted octanol–water partition coefficient (Wildman–Crippen LogP) is 1.79. The van der Waals surface area contributed by atoms with Gasteiger partial charge in [0.15, 0.2) is 0 Å². The van der Waals surface area contributed by atoms with Gasteiger partial charge in [-0.05, 0) is 81.7 Å². The molecular weight excluding hydrogens is 500 g/mol. The molecule has 0 rings (SSSR count). The number of amides is 4. The van der Waals surface area contributed by atoms with E-state index in [2.05, 4.69) is 16.0 Å². The Bertz CT molecular complexity index is 801. The van der Waals surface area contributed by atoms with E-state index in [0.29, 0.717) is 6.42 Å². The second-order valence-corrected chi connectivity index (χ2v) is 11.6. The van der Waals surface area contributed by atoms with Gasteiger partial charge < -0.3 is 35.7 Å². The highest BCUT2D eigenvalue weighted by atomic mass is 16.6. The van der Waals surface area contributed by atoms with Crippen molar-refractivity contribution in [2.24, 2.45) is 5.73 Å². The van der Waals surface area contributed by atoms with E-state index >= 15 is 0 Å². The van der Waals surface area contributed by atoms with Crippen LogP contribution in [0, 0.1) is 5.41 Å². The molecule has 7 N–H and O–H groups in total. The number of imide groups is 1. The quantitative estimate of drug-likeness (QED) is 0.140. The van der Waals surface area contributed by atoms with Gasteiger partial charge in [0.05, 0.1) is 12.1 Å². The number of carbonyl (C=O) groups is 4. The molecule has 1 unspecified atom stereocenters. The Kier molecular flexibility index (Phi) is 13.7. The van der Waals surface area contributed by atoms with Crippen LogP contribution >= 0.6 is 0 Å². The van der Waals surface area contributed by atoms with Gasteiger partial charge in [-0.2, -0.15) is 0 Å². The lowest BCUT2D eigenvalue weighted by Crippen LogP contribution is -2.56. The highest BCUT2D eigenvalue weighted by Crippen LogP contribution is 2.15. The molecule has 4 amide bonds. The molecule has 0 saturated heterocycles. The van der Waals surface area contributed by atoms with Crippen LogP contribution in [-0.2, 0) is 19.0 Å². The van der Waals surface area contributed by atoms with Crippen molar-refractivity contribution in [3.05, 3.63) is 0 Å². The molecule has 0 aliphatic carbocycles. The number of hydrogen-bond acceptors (Lipinski definition) is 11. The van der Waals surface area contributed by atoms with E-state index in [9.17, 15) is 24.3 Å². The van der Waals surface area contributed by atoms with Crippen LogP contribution in [0.2, 0.25) is 0 Å². The predicted molar refractivity (Wildman–Crippen MR) is 140 cm³/mol. The lowest BCUT2D eigenvalue weighted by atomic mass is 10.1. The smallest absolute Gasteiger partial charge is 0.427 e. The minimum atomic E-state index is -1.20. The van der Waals surface area contributed by atoms with Crippen LogP contribution in [0.25, 0.3) is 0 Å². The van der Waals surface area contributed by atoms with Gasteiger partial charge >= 0.3 is 18.3 Å². The molecule has 14 heteroatoms. The number of nitrogens with zero attached hydrogens (tertiary/aromatic N) is 1. The standard InChI is InChI=1S/C24H46N6O8/c1-22(2,3)36-19(33)28-14-15(31)13-27-16(11-10-12-25)17(32)29-18(26)30(20(34)37-23(4,5)6)21(35)38-24(7,8)9/h15-16,27,31H,10-14,25H2,1-9H3,(H,28,33)(H2,26,29,32)/t15?,16-/m0/s1. The first-order valence-corrected chi connectivity index (χ1v) is 12.4. The summed E-state index contributed by atoms with van der Waals surface area (Å²) < 4.78 is 15.5. The van der Waals surface area contributed by atoms with E-state index in [0.717, 1.165) is 0 Å². The van der Waals surface area contributed by atoms with Crippen LogP contribution in [0.3, 0.4) is 0 Å². The van der Waals surface area contributed by atoms with Gasteiger partial charge in [-0.25, -0.2) is 14.4 Å². The van der Waals surface area contributed by atoms with Crippen molar-refractivity contribution < 1.29 is 38.5 Å². The largest absolute Gasteiger partial charge is 0.444 e. The zero-order valence-electron chi connectivity index (χ0n) is 24.0. The fourth-order valence-electron chi connectivity index (χ4n) is 2.65. The van der Waals surface area contributed by atoms with Crippen molar-refractivity contribution in [2.75, 3.05) is 19.6 Å². The minimum Gasteiger partial charge on any atom is -0.444 e. The molecular formula is C24H46N6O8. The third kappa shape index (κ3) is 16.0. The topological polar surface area (TPSA) is 205 Å². The minimum absolute atomic E-state index is 0.104.